The quantitative estimate of drug-likeness (QED) is 0.116. The fourth-order valence-electron chi connectivity index (χ4n) is 4.50. The third-order valence-electron chi connectivity index (χ3n) is 6.37. The molecular formula is C28H25F6N3O3S. The monoisotopic (exact) mass is 597 g/mol. The van der Waals surface area contributed by atoms with Gasteiger partial charge in [0.25, 0.3) is 11.7 Å². The zero-order valence-corrected chi connectivity index (χ0v) is 22.2. The maximum absolute atomic E-state index is 13.2. The van der Waals surface area contributed by atoms with E-state index >= 15 is 0 Å². The summed E-state index contributed by atoms with van der Waals surface area (Å²) in [6, 6.07) is 15.2. The number of nitrogens with one attached hydrogen (secondary N) is 1. The number of aliphatic hydroxyl groups is 1. The van der Waals surface area contributed by atoms with Crippen LogP contribution in [0.3, 0.4) is 0 Å². The van der Waals surface area contributed by atoms with Crippen molar-refractivity contribution in [3.63, 3.8) is 0 Å². The number of carbonyl (C=O) groups is 2. The van der Waals surface area contributed by atoms with Gasteiger partial charge in [0, 0.05) is 35.1 Å². The molecule has 0 spiro atoms. The number of thioether (sulfide) groups is 1. The van der Waals surface area contributed by atoms with Gasteiger partial charge in [0.05, 0.1) is 28.9 Å². The Hall–Kier alpha value is -3.58. The molecule has 1 atom stereocenters. The Morgan fingerprint density at radius 3 is 2.37 bits per heavy atom. The van der Waals surface area contributed by atoms with Crippen molar-refractivity contribution in [3.05, 3.63) is 78.0 Å². The fraction of sp³-hybridized carbons (Fsp3) is 0.321. The van der Waals surface area contributed by atoms with Crippen LogP contribution < -0.4 is 5.32 Å². The number of nitrogens with zero attached hydrogens (tertiary/aromatic N) is 2. The molecule has 4 rings (SSSR count). The van der Waals surface area contributed by atoms with Crippen LogP contribution in [0.5, 0.6) is 0 Å². The van der Waals surface area contributed by atoms with Crippen molar-refractivity contribution >= 4 is 40.0 Å². The van der Waals surface area contributed by atoms with Crippen molar-refractivity contribution in [2.75, 3.05) is 24.2 Å². The molecule has 1 aromatic heterocycles. The number of amides is 1. The molecule has 2 heterocycles. The molecule has 1 aliphatic rings. The minimum atomic E-state index is -5.11. The van der Waals surface area contributed by atoms with E-state index in [0.29, 0.717) is 10.9 Å². The number of halogens is 6. The molecule has 0 radical (unpaired) electrons. The highest BCUT2D eigenvalue weighted by Gasteiger charge is 2.46. The molecule has 13 heteroatoms. The van der Waals surface area contributed by atoms with Crippen LogP contribution in [0.4, 0.5) is 32.0 Å². The third-order valence-corrected chi connectivity index (χ3v) is 7.54. The SMILES string of the molecule is O=C1C(CC(F)(F)F)=CC(O)(CSc2ccccc2)N1CCCCNc1c(C(=O)C(F)(F)F)cnc2ccccc12. The molecule has 2 N–H and O–H groups in total. The number of fused-ring (bicyclic) bond motifs is 1. The topological polar surface area (TPSA) is 82.5 Å². The maximum atomic E-state index is 13.2. The van der Waals surface area contributed by atoms with Crippen LogP contribution in [0.2, 0.25) is 0 Å². The van der Waals surface area contributed by atoms with Crippen LogP contribution in [-0.4, -0.2) is 63.6 Å². The zero-order chi connectivity index (χ0) is 29.8. The number of rotatable bonds is 11. The van der Waals surface area contributed by atoms with E-state index in [0.717, 1.165) is 22.1 Å². The number of unbranched alkanes of at least 4 members (excludes halogenated alkanes) is 1. The van der Waals surface area contributed by atoms with E-state index in [1.165, 1.54) is 17.8 Å². The Morgan fingerprint density at radius 1 is 1.00 bits per heavy atom. The average Bonchev–Trinajstić information content (AvgIpc) is 3.14. The predicted molar refractivity (Wildman–Crippen MR) is 142 cm³/mol. The molecule has 0 aliphatic carbocycles. The number of Topliss-reactive ketones (excluding diaryl/α,β-unsaturated/α-hetero) is 1. The summed E-state index contributed by atoms with van der Waals surface area (Å²) >= 11 is 1.18. The molecule has 0 saturated heterocycles. The van der Waals surface area contributed by atoms with Gasteiger partial charge in [-0.1, -0.05) is 36.4 Å². The molecule has 1 amide bonds. The van der Waals surface area contributed by atoms with Crippen LogP contribution in [0.25, 0.3) is 10.9 Å². The lowest BCUT2D eigenvalue weighted by atomic mass is 10.1. The Morgan fingerprint density at radius 2 is 1.68 bits per heavy atom. The highest BCUT2D eigenvalue weighted by molar-refractivity contribution is 7.99. The number of para-hydroxylation sites is 1. The maximum Gasteiger partial charge on any atom is 0.455 e. The van der Waals surface area contributed by atoms with Crippen LogP contribution in [-0.2, 0) is 4.79 Å². The number of hydrogen-bond acceptors (Lipinski definition) is 6. The number of pyridine rings is 1. The van der Waals surface area contributed by atoms with Gasteiger partial charge in [0.1, 0.15) is 0 Å². The molecular weight excluding hydrogens is 572 g/mol. The van der Waals surface area contributed by atoms with Gasteiger partial charge in [0.15, 0.2) is 5.72 Å². The summed E-state index contributed by atoms with van der Waals surface area (Å²) < 4.78 is 78.9. The molecule has 2 aromatic carbocycles. The van der Waals surface area contributed by atoms with Crippen LogP contribution >= 0.6 is 11.8 Å². The molecule has 0 saturated carbocycles. The third kappa shape index (κ3) is 7.39. The van der Waals surface area contributed by atoms with Gasteiger partial charge in [-0.15, -0.1) is 11.8 Å². The highest BCUT2D eigenvalue weighted by Crippen LogP contribution is 2.37. The summed E-state index contributed by atoms with van der Waals surface area (Å²) in [5.74, 6) is -3.08. The summed E-state index contributed by atoms with van der Waals surface area (Å²) in [5.41, 5.74) is -2.82. The minimum Gasteiger partial charge on any atom is -0.384 e. The average molecular weight is 598 g/mol. The largest absolute Gasteiger partial charge is 0.455 e. The van der Waals surface area contributed by atoms with Crippen LogP contribution in [0, 0.1) is 0 Å². The smallest absolute Gasteiger partial charge is 0.384 e. The second-order valence-electron chi connectivity index (χ2n) is 9.42. The van der Waals surface area contributed by atoms with Crippen molar-refractivity contribution in [3.8, 4) is 0 Å². The lowest BCUT2D eigenvalue weighted by molar-refractivity contribution is -0.145. The van der Waals surface area contributed by atoms with E-state index in [2.05, 4.69) is 10.3 Å². The molecule has 0 bridgehead atoms. The number of ketones is 1. The molecule has 6 nitrogen and oxygen atoms in total. The lowest BCUT2D eigenvalue weighted by Gasteiger charge is -2.33. The Balaban J connectivity index is 1.45. The van der Waals surface area contributed by atoms with E-state index in [4.69, 9.17) is 0 Å². The molecule has 218 valence electrons. The second kappa shape index (κ2) is 12.1. The molecule has 0 fully saturated rings. The summed E-state index contributed by atoms with van der Waals surface area (Å²) in [5, 5.41) is 14.4. The van der Waals surface area contributed by atoms with E-state index < -0.39 is 47.3 Å². The fourth-order valence-corrected chi connectivity index (χ4v) is 5.46. The van der Waals surface area contributed by atoms with E-state index in [-0.39, 0.29) is 37.4 Å². The van der Waals surface area contributed by atoms with Crippen molar-refractivity contribution in [1.29, 1.82) is 0 Å². The van der Waals surface area contributed by atoms with Gasteiger partial charge in [-0.3, -0.25) is 14.6 Å². The van der Waals surface area contributed by atoms with Gasteiger partial charge in [-0.25, -0.2) is 0 Å². The van der Waals surface area contributed by atoms with E-state index in [9.17, 15) is 41.0 Å². The van der Waals surface area contributed by atoms with E-state index in [1.54, 1.807) is 48.5 Å². The lowest BCUT2D eigenvalue weighted by Crippen LogP contribution is -2.49. The number of hydrogen-bond donors (Lipinski definition) is 2. The predicted octanol–water partition coefficient (Wildman–Crippen LogP) is 6.37. The van der Waals surface area contributed by atoms with Crippen LogP contribution in [0.15, 0.2) is 77.3 Å². The van der Waals surface area contributed by atoms with Crippen molar-refractivity contribution < 1.29 is 41.0 Å². The number of carbonyl (C=O) groups excluding carboxylic acids is 2. The van der Waals surface area contributed by atoms with Gasteiger partial charge >= 0.3 is 12.4 Å². The standard InChI is InChI=1S/C28H25F6N3O3S/c29-27(30,31)15-18-14-26(40,17-41-19-8-2-1-3-9-19)37(25(18)39)13-7-6-12-35-23-20-10-4-5-11-22(20)36-16-21(23)24(38)28(32,33)34/h1-5,8-11,14,16,40H,6-7,12-13,15,17H2,(H,35,36). The Bertz CT molecular complexity index is 1450. The number of anilines is 1. The van der Waals surface area contributed by atoms with Crippen molar-refractivity contribution in [2.24, 2.45) is 0 Å². The van der Waals surface area contributed by atoms with Gasteiger partial charge < -0.3 is 15.3 Å². The summed E-state index contributed by atoms with van der Waals surface area (Å²) in [4.78, 5) is 30.6. The Kier molecular flexibility index (Phi) is 8.97. The van der Waals surface area contributed by atoms with Gasteiger partial charge in [-0.05, 0) is 37.1 Å². The normalized spacial score (nSPS) is 17.7. The summed E-state index contributed by atoms with van der Waals surface area (Å²) in [6.07, 6.45) is -8.95. The van der Waals surface area contributed by atoms with Gasteiger partial charge in [-0.2, -0.15) is 26.3 Å². The first-order valence-electron chi connectivity index (χ1n) is 12.5. The number of benzene rings is 2. The summed E-state index contributed by atoms with van der Waals surface area (Å²) in [6.45, 7) is -0.0240. The summed E-state index contributed by atoms with van der Waals surface area (Å²) in [7, 11) is 0. The number of aromatic nitrogens is 1. The van der Waals surface area contributed by atoms with Crippen molar-refractivity contribution in [1.82, 2.24) is 9.88 Å². The first kappa shape index (κ1) is 30.4. The Labute approximate surface area is 235 Å². The highest BCUT2D eigenvalue weighted by atomic mass is 32.2. The number of alkyl halides is 6. The zero-order valence-electron chi connectivity index (χ0n) is 21.4. The van der Waals surface area contributed by atoms with Crippen molar-refractivity contribution in [2.45, 2.75) is 42.2 Å². The van der Waals surface area contributed by atoms with E-state index in [1.807, 2.05) is 0 Å². The first-order valence-corrected chi connectivity index (χ1v) is 13.5. The van der Waals surface area contributed by atoms with Crippen LogP contribution in [0.1, 0.15) is 29.6 Å². The molecule has 1 aliphatic heterocycles. The molecule has 41 heavy (non-hydrogen) atoms. The minimum absolute atomic E-state index is 0.0416. The van der Waals surface area contributed by atoms with Gasteiger partial charge in [0.2, 0.25) is 0 Å². The molecule has 1 unspecified atom stereocenters. The second-order valence-corrected chi connectivity index (χ2v) is 10.5. The first-order chi connectivity index (χ1) is 19.3. The molecule has 3 aromatic rings.